The molecule has 2 nitrogen and oxygen atoms in total. The molecule has 1 saturated heterocycles. The lowest BCUT2D eigenvalue weighted by Crippen LogP contribution is -2.19. The summed E-state index contributed by atoms with van der Waals surface area (Å²) in [6.07, 6.45) is 4.23. The molecule has 0 radical (unpaired) electrons. The fourth-order valence-corrected chi connectivity index (χ4v) is 1.16. The molecule has 1 heterocycles. The summed E-state index contributed by atoms with van der Waals surface area (Å²) in [4.78, 5) is 6.56. The molecule has 1 aliphatic heterocycles. The minimum atomic E-state index is 0.764. The summed E-state index contributed by atoms with van der Waals surface area (Å²) in [6, 6.07) is 0. The van der Waals surface area contributed by atoms with Crippen LogP contribution in [0.25, 0.3) is 0 Å². The second kappa shape index (κ2) is 3.40. The van der Waals surface area contributed by atoms with Crippen molar-refractivity contribution < 1.29 is 0 Å². The van der Waals surface area contributed by atoms with Crippen LogP contribution in [-0.4, -0.2) is 30.9 Å². The molecule has 0 aromatic heterocycles. The number of rotatable bonds is 2. The Hall–Kier alpha value is -0.790. The van der Waals surface area contributed by atoms with Gasteiger partial charge in [-0.05, 0) is 6.42 Å². The van der Waals surface area contributed by atoms with E-state index in [0.29, 0.717) is 0 Å². The van der Waals surface area contributed by atoms with E-state index in [4.69, 9.17) is 0 Å². The first-order valence-electron chi connectivity index (χ1n) is 3.70. The van der Waals surface area contributed by atoms with Gasteiger partial charge in [-0.25, -0.2) is 0 Å². The van der Waals surface area contributed by atoms with Crippen LogP contribution in [0, 0.1) is 0 Å². The molecular weight excluding hydrogens is 124 g/mol. The first-order chi connectivity index (χ1) is 4.84. The Morgan fingerprint density at radius 1 is 1.80 bits per heavy atom. The van der Waals surface area contributed by atoms with Crippen molar-refractivity contribution in [3.63, 3.8) is 0 Å². The zero-order chi connectivity index (χ0) is 7.40. The first-order valence-corrected chi connectivity index (χ1v) is 3.70. The molecular formula is C8H14N2. The highest BCUT2D eigenvalue weighted by atomic mass is 15.2. The highest BCUT2D eigenvalue weighted by Gasteiger charge is 2.12. The summed E-state index contributed by atoms with van der Waals surface area (Å²) in [5.41, 5.74) is 0. The molecule has 0 aliphatic carbocycles. The number of aliphatic imine (C=N–C) groups is 1. The van der Waals surface area contributed by atoms with Crippen molar-refractivity contribution in [2.75, 3.05) is 20.1 Å². The van der Waals surface area contributed by atoms with E-state index in [1.165, 1.54) is 12.3 Å². The molecule has 0 spiro atoms. The third-order valence-corrected chi connectivity index (χ3v) is 1.74. The molecule has 1 aliphatic rings. The Balaban J connectivity index is 2.45. The Kier molecular flexibility index (Phi) is 2.49. The van der Waals surface area contributed by atoms with Crippen LogP contribution in [0.2, 0.25) is 0 Å². The van der Waals surface area contributed by atoms with E-state index in [0.717, 1.165) is 19.5 Å². The normalized spacial score (nSPS) is 22.1. The van der Waals surface area contributed by atoms with Crippen molar-refractivity contribution in [2.45, 2.75) is 12.8 Å². The average molecular weight is 138 g/mol. The van der Waals surface area contributed by atoms with Crippen LogP contribution >= 0.6 is 0 Å². The smallest absolute Gasteiger partial charge is 0.0990 e. The van der Waals surface area contributed by atoms with Gasteiger partial charge in [-0.15, -0.1) is 6.58 Å². The van der Waals surface area contributed by atoms with Crippen LogP contribution < -0.4 is 0 Å². The fourth-order valence-electron chi connectivity index (χ4n) is 1.16. The number of nitrogens with zero attached hydrogens (tertiary/aromatic N) is 2. The van der Waals surface area contributed by atoms with Crippen molar-refractivity contribution in [3.8, 4) is 0 Å². The number of hydrogen-bond donors (Lipinski definition) is 0. The van der Waals surface area contributed by atoms with Gasteiger partial charge in [0, 0.05) is 20.0 Å². The highest BCUT2D eigenvalue weighted by molar-refractivity contribution is 5.83. The maximum atomic E-state index is 4.35. The third-order valence-electron chi connectivity index (χ3n) is 1.74. The van der Waals surface area contributed by atoms with Gasteiger partial charge in [0.2, 0.25) is 0 Å². The second-order valence-electron chi connectivity index (χ2n) is 2.57. The van der Waals surface area contributed by atoms with Crippen molar-refractivity contribution in [2.24, 2.45) is 4.99 Å². The first kappa shape index (κ1) is 7.32. The summed E-state index contributed by atoms with van der Waals surface area (Å²) >= 11 is 0. The molecule has 1 rings (SSSR count). The van der Waals surface area contributed by atoms with Crippen LogP contribution in [0.4, 0.5) is 0 Å². The minimum absolute atomic E-state index is 0.764. The topological polar surface area (TPSA) is 15.6 Å². The van der Waals surface area contributed by atoms with Crippen molar-refractivity contribution in [1.82, 2.24) is 4.90 Å². The Bertz CT molecular complexity index is 149. The lowest BCUT2D eigenvalue weighted by atomic mass is 10.4. The summed E-state index contributed by atoms with van der Waals surface area (Å²) < 4.78 is 0. The molecule has 0 N–H and O–H groups in total. The van der Waals surface area contributed by atoms with E-state index < -0.39 is 0 Å². The van der Waals surface area contributed by atoms with Gasteiger partial charge >= 0.3 is 0 Å². The molecule has 10 heavy (non-hydrogen) atoms. The molecule has 0 aromatic rings. The van der Waals surface area contributed by atoms with E-state index in [9.17, 15) is 0 Å². The Labute approximate surface area is 62.3 Å². The highest BCUT2D eigenvalue weighted by Crippen LogP contribution is 2.08. The molecule has 0 atom stereocenters. The Morgan fingerprint density at radius 2 is 2.60 bits per heavy atom. The van der Waals surface area contributed by atoms with Crippen molar-refractivity contribution in [3.05, 3.63) is 12.7 Å². The van der Waals surface area contributed by atoms with Crippen molar-refractivity contribution in [1.29, 1.82) is 0 Å². The van der Waals surface area contributed by atoms with Gasteiger partial charge in [0.15, 0.2) is 0 Å². The van der Waals surface area contributed by atoms with Crippen LogP contribution in [0.5, 0.6) is 0 Å². The minimum Gasteiger partial charge on any atom is -0.363 e. The molecule has 2 heteroatoms. The van der Waals surface area contributed by atoms with Gasteiger partial charge in [-0.3, -0.25) is 4.99 Å². The van der Waals surface area contributed by atoms with Gasteiger partial charge in [0.25, 0.3) is 0 Å². The zero-order valence-corrected chi connectivity index (χ0v) is 6.51. The SMILES string of the molecule is C=CC/N=C1\CCCN1C. The molecule has 0 amide bonds. The van der Waals surface area contributed by atoms with Crippen LogP contribution in [0.1, 0.15) is 12.8 Å². The fraction of sp³-hybridized carbons (Fsp3) is 0.625. The largest absolute Gasteiger partial charge is 0.363 e. The van der Waals surface area contributed by atoms with Crippen LogP contribution in [0.15, 0.2) is 17.6 Å². The zero-order valence-electron chi connectivity index (χ0n) is 6.51. The van der Waals surface area contributed by atoms with Gasteiger partial charge < -0.3 is 4.90 Å². The van der Waals surface area contributed by atoms with Crippen molar-refractivity contribution >= 4 is 5.84 Å². The lowest BCUT2D eigenvalue weighted by Gasteiger charge is -2.09. The maximum Gasteiger partial charge on any atom is 0.0990 e. The maximum absolute atomic E-state index is 4.35. The van der Waals surface area contributed by atoms with Gasteiger partial charge in [-0.2, -0.15) is 0 Å². The number of amidine groups is 1. The van der Waals surface area contributed by atoms with Gasteiger partial charge in [-0.1, -0.05) is 6.08 Å². The second-order valence-corrected chi connectivity index (χ2v) is 2.57. The molecule has 0 unspecified atom stereocenters. The third kappa shape index (κ3) is 1.59. The van der Waals surface area contributed by atoms with Crippen LogP contribution in [0.3, 0.4) is 0 Å². The molecule has 0 bridgehead atoms. The molecule has 1 fully saturated rings. The number of hydrogen-bond acceptors (Lipinski definition) is 1. The standard InChI is InChI=1S/C8H14N2/c1-3-6-9-8-5-4-7-10(8)2/h3H,1,4-7H2,2H3/b9-8+. The van der Waals surface area contributed by atoms with E-state index >= 15 is 0 Å². The summed E-state index contributed by atoms with van der Waals surface area (Å²) in [6.45, 7) is 5.55. The quantitative estimate of drug-likeness (QED) is 0.525. The van der Waals surface area contributed by atoms with E-state index in [1.54, 1.807) is 0 Å². The van der Waals surface area contributed by atoms with Gasteiger partial charge in [0.1, 0.15) is 0 Å². The monoisotopic (exact) mass is 138 g/mol. The summed E-state index contributed by atoms with van der Waals surface area (Å²) in [5.74, 6) is 1.24. The summed E-state index contributed by atoms with van der Waals surface area (Å²) in [7, 11) is 2.09. The van der Waals surface area contributed by atoms with E-state index in [1.807, 2.05) is 6.08 Å². The lowest BCUT2D eigenvalue weighted by molar-refractivity contribution is 0.548. The van der Waals surface area contributed by atoms with E-state index in [-0.39, 0.29) is 0 Å². The number of likely N-dealkylation sites (tertiary alicyclic amines) is 1. The predicted molar refractivity (Wildman–Crippen MR) is 44.4 cm³/mol. The molecule has 56 valence electrons. The summed E-state index contributed by atoms with van der Waals surface area (Å²) in [5, 5.41) is 0. The average Bonchev–Trinajstić information content (AvgIpc) is 2.31. The predicted octanol–water partition coefficient (Wildman–Crippen LogP) is 1.30. The Morgan fingerprint density at radius 3 is 3.10 bits per heavy atom. The van der Waals surface area contributed by atoms with Gasteiger partial charge in [0.05, 0.1) is 12.4 Å². The van der Waals surface area contributed by atoms with E-state index in [2.05, 4.69) is 23.5 Å². The molecule has 0 aromatic carbocycles. The molecule has 0 saturated carbocycles. The van der Waals surface area contributed by atoms with Crippen LogP contribution in [-0.2, 0) is 0 Å².